The fraction of sp³-hybridized carbons (Fsp3) is 0.333. The minimum absolute atomic E-state index is 0.0633. The molecule has 2 aromatic heterocycles. The van der Waals surface area contributed by atoms with E-state index in [2.05, 4.69) is 10.3 Å². The van der Waals surface area contributed by atoms with E-state index in [9.17, 15) is 14.4 Å². The van der Waals surface area contributed by atoms with E-state index >= 15 is 0 Å². The highest BCUT2D eigenvalue weighted by molar-refractivity contribution is 7.13. The summed E-state index contributed by atoms with van der Waals surface area (Å²) in [6.45, 7) is 5.20. The third kappa shape index (κ3) is 4.96. The van der Waals surface area contributed by atoms with Crippen LogP contribution >= 0.6 is 11.3 Å². The molecular weight excluding hydrogens is 424 g/mol. The summed E-state index contributed by atoms with van der Waals surface area (Å²) in [4.78, 5) is 44.5. The van der Waals surface area contributed by atoms with E-state index in [1.165, 1.54) is 11.3 Å². The van der Waals surface area contributed by atoms with E-state index < -0.39 is 0 Å². The fourth-order valence-corrected chi connectivity index (χ4v) is 4.66. The van der Waals surface area contributed by atoms with Crippen molar-refractivity contribution in [3.05, 3.63) is 80.7 Å². The fourth-order valence-electron chi connectivity index (χ4n) is 3.97. The number of amides is 2. The van der Waals surface area contributed by atoms with Crippen LogP contribution in [0.4, 0.5) is 5.13 Å². The largest absolute Gasteiger partial charge is 0.338 e. The molecule has 1 aromatic carbocycles. The van der Waals surface area contributed by atoms with Crippen LogP contribution in [-0.2, 0) is 11.3 Å². The van der Waals surface area contributed by atoms with Gasteiger partial charge in [-0.05, 0) is 44.4 Å². The minimum atomic E-state index is -0.294. The van der Waals surface area contributed by atoms with Gasteiger partial charge in [0.15, 0.2) is 5.13 Å². The normalized spacial score (nSPS) is 14.4. The molecule has 0 unspecified atom stereocenters. The Hall–Kier alpha value is -3.26. The SMILES string of the molecule is Cc1cccc(Cn2cccc(C(=O)N3CCC(C(=O)Nc4nc(C)cs4)CC3)c2=O)c1. The van der Waals surface area contributed by atoms with Gasteiger partial charge in [-0.3, -0.25) is 14.4 Å². The third-order valence-corrected chi connectivity index (χ3v) is 6.56. The van der Waals surface area contributed by atoms with Gasteiger partial charge in [-0.15, -0.1) is 11.3 Å². The van der Waals surface area contributed by atoms with Crippen LogP contribution in [0, 0.1) is 19.8 Å². The van der Waals surface area contributed by atoms with Gasteiger partial charge in [0.05, 0.1) is 12.2 Å². The van der Waals surface area contributed by atoms with Gasteiger partial charge in [0.1, 0.15) is 5.56 Å². The van der Waals surface area contributed by atoms with E-state index in [4.69, 9.17) is 0 Å². The van der Waals surface area contributed by atoms with Gasteiger partial charge in [0, 0.05) is 30.6 Å². The molecule has 0 radical (unpaired) electrons. The number of thiazole rings is 1. The summed E-state index contributed by atoms with van der Waals surface area (Å²) < 4.78 is 1.57. The molecule has 7 nitrogen and oxygen atoms in total. The molecule has 0 spiro atoms. The zero-order chi connectivity index (χ0) is 22.7. The summed E-state index contributed by atoms with van der Waals surface area (Å²) in [5.41, 5.74) is 2.89. The van der Waals surface area contributed by atoms with Crippen molar-refractivity contribution in [2.24, 2.45) is 5.92 Å². The third-order valence-electron chi connectivity index (χ3n) is 5.69. The topological polar surface area (TPSA) is 84.3 Å². The van der Waals surface area contributed by atoms with E-state index in [1.54, 1.807) is 27.8 Å². The van der Waals surface area contributed by atoms with Crippen molar-refractivity contribution < 1.29 is 9.59 Å². The second-order valence-electron chi connectivity index (χ2n) is 8.19. The molecule has 4 rings (SSSR count). The Balaban J connectivity index is 1.40. The minimum Gasteiger partial charge on any atom is -0.338 e. The monoisotopic (exact) mass is 450 g/mol. The number of aromatic nitrogens is 2. The zero-order valence-corrected chi connectivity index (χ0v) is 19.0. The van der Waals surface area contributed by atoms with Crippen molar-refractivity contribution in [3.8, 4) is 0 Å². The average molecular weight is 451 g/mol. The molecule has 0 atom stereocenters. The summed E-state index contributed by atoms with van der Waals surface area (Å²) in [5, 5.41) is 5.36. The number of carbonyl (C=O) groups excluding carboxylic acids is 2. The van der Waals surface area contributed by atoms with E-state index in [-0.39, 0.29) is 28.9 Å². The summed E-state index contributed by atoms with van der Waals surface area (Å²) in [7, 11) is 0. The molecule has 1 fully saturated rings. The molecule has 0 bridgehead atoms. The van der Waals surface area contributed by atoms with Crippen LogP contribution in [0.1, 0.15) is 40.0 Å². The predicted octanol–water partition coefficient (Wildman–Crippen LogP) is 3.46. The van der Waals surface area contributed by atoms with Crippen LogP contribution in [-0.4, -0.2) is 39.4 Å². The van der Waals surface area contributed by atoms with Crippen LogP contribution in [0.5, 0.6) is 0 Å². The van der Waals surface area contributed by atoms with Crippen molar-refractivity contribution in [2.45, 2.75) is 33.2 Å². The standard InChI is InChI=1S/C24H26N4O3S/c1-16-5-3-6-18(13-16)14-28-10-4-7-20(23(28)31)22(30)27-11-8-19(9-12-27)21(29)26-24-25-17(2)15-32-24/h3-7,10,13,15,19H,8-9,11-12,14H2,1-2H3,(H,25,26,29). The molecular formula is C24H26N4O3S. The molecule has 8 heteroatoms. The quantitative estimate of drug-likeness (QED) is 0.645. The Morgan fingerprint density at radius 2 is 1.94 bits per heavy atom. The smallest absolute Gasteiger partial charge is 0.263 e. The number of anilines is 1. The highest BCUT2D eigenvalue weighted by Crippen LogP contribution is 2.22. The molecule has 0 aliphatic carbocycles. The molecule has 1 aliphatic rings. The van der Waals surface area contributed by atoms with E-state index in [1.807, 2.05) is 43.5 Å². The van der Waals surface area contributed by atoms with Crippen molar-refractivity contribution >= 4 is 28.3 Å². The number of aryl methyl sites for hydroxylation is 2. The van der Waals surface area contributed by atoms with Gasteiger partial charge in [0.2, 0.25) is 5.91 Å². The Kier molecular flexibility index (Phi) is 6.50. The van der Waals surface area contributed by atoms with Crippen molar-refractivity contribution in [2.75, 3.05) is 18.4 Å². The van der Waals surface area contributed by atoms with Gasteiger partial charge in [-0.1, -0.05) is 29.8 Å². The average Bonchev–Trinajstić information content (AvgIpc) is 3.19. The Morgan fingerprint density at radius 1 is 1.16 bits per heavy atom. The first kappa shape index (κ1) is 22.0. The summed E-state index contributed by atoms with van der Waals surface area (Å²) in [6.07, 6.45) is 2.83. The summed E-state index contributed by atoms with van der Waals surface area (Å²) in [5.74, 6) is -0.508. The van der Waals surface area contributed by atoms with Gasteiger partial charge in [0.25, 0.3) is 11.5 Å². The van der Waals surface area contributed by atoms with E-state index in [0.29, 0.717) is 37.6 Å². The van der Waals surface area contributed by atoms with Gasteiger partial charge >= 0.3 is 0 Å². The van der Waals surface area contributed by atoms with Crippen LogP contribution in [0.3, 0.4) is 0 Å². The molecule has 32 heavy (non-hydrogen) atoms. The Bertz CT molecular complexity index is 1190. The van der Waals surface area contributed by atoms with Crippen LogP contribution < -0.4 is 10.9 Å². The second kappa shape index (κ2) is 9.48. The van der Waals surface area contributed by atoms with Crippen LogP contribution in [0.15, 0.2) is 52.8 Å². The molecule has 1 saturated heterocycles. The molecule has 1 N–H and O–H groups in total. The predicted molar refractivity (Wildman–Crippen MR) is 125 cm³/mol. The number of pyridine rings is 1. The molecule has 166 valence electrons. The molecule has 1 aliphatic heterocycles. The summed E-state index contributed by atoms with van der Waals surface area (Å²) >= 11 is 1.40. The van der Waals surface area contributed by atoms with Crippen LogP contribution in [0.2, 0.25) is 0 Å². The van der Waals surface area contributed by atoms with Gasteiger partial charge < -0.3 is 14.8 Å². The highest BCUT2D eigenvalue weighted by Gasteiger charge is 2.29. The first-order valence-electron chi connectivity index (χ1n) is 10.7. The lowest BCUT2D eigenvalue weighted by molar-refractivity contribution is -0.121. The second-order valence-corrected chi connectivity index (χ2v) is 9.05. The van der Waals surface area contributed by atoms with Crippen LogP contribution in [0.25, 0.3) is 0 Å². The van der Waals surface area contributed by atoms with Crippen molar-refractivity contribution in [1.29, 1.82) is 0 Å². The Morgan fingerprint density at radius 3 is 2.62 bits per heavy atom. The first-order chi connectivity index (χ1) is 15.4. The zero-order valence-electron chi connectivity index (χ0n) is 18.2. The maximum atomic E-state index is 13.1. The van der Waals surface area contributed by atoms with Crippen molar-refractivity contribution in [3.63, 3.8) is 0 Å². The lowest BCUT2D eigenvalue weighted by Gasteiger charge is -2.31. The Labute approximate surface area is 190 Å². The lowest BCUT2D eigenvalue weighted by Crippen LogP contribution is -2.43. The lowest BCUT2D eigenvalue weighted by atomic mass is 9.95. The first-order valence-corrected chi connectivity index (χ1v) is 11.6. The number of hydrogen-bond donors (Lipinski definition) is 1. The van der Waals surface area contributed by atoms with Gasteiger partial charge in [-0.25, -0.2) is 4.98 Å². The molecule has 2 amide bonds. The maximum absolute atomic E-state index is 13.1. The number of benzene rings is 1. The number of nitrogens with one attached hydrogen (secondary N) is 1. The number of carbonyl (C=O) groups is 2. The summed E-state index contributed by atoms with van der Waals surface area (Å²) in [6, 6.07) is 11.3. The van der Waals surface area contributed by atoms with Crippen molar-refractivity contribution in [1.82, 2.24) is 14.5 Å². The number of nitrogens with zero attached hydrogens (tertiary/aromatic N) is 3. The maximum Gasteiger partial charge on any atom is 0.263 e. The van der Waals surface area contributed by atoms with E-state index in [0.717, 1.165) is 16.8 Å². The highest BCUT2D eigenvalue weighted by atomic mass is 32.1. The number of hydrogen-bond acceptors (Lipinski definition) is 5. The number of piperidine rings is 1. The molecule has 3 aromatic rings. The molecule has 3 heterocycles. The number of rotatable bonds is 5. The van der Waals surface area contributed by atoms with Gasteiger partial charge in [-0.2, -0.15) is 0 Å². The molecule has 0 saturated carbocycles. The number of likely N-dealkylation sites (tertiary alicyclic amines) is 1.